The lowest BCUT2D eigenvalue weighted by atomic mass is 10.1. The van der Waals surface area contributed by atoms with Crippen LogP contribution in [0.3, 0.4) is 0 Å². The van der Waals surface area contributed by atoms with E-state index < -0.39 is 16.7 Å². The molecule has 0 saturated carbocycles. The molecule has 0 unspecified atom stereocenters. The maximum atomic E-state index is 12.8. The maximum absolute atomic E-state index is 12.8. The molecule has 2 aromatic rings. The molecule has 0 aromatic heterocycles. The van der Waals surface area contributed by atoms with Crippen LogP contribution in [0.25, 0.3) is 6.08 Å². The van der Waals surface area contributed by atoms with E-state index in [4.69, 9.17) is 17.0 Å². The molecule has 1 aliphatic heterocycles. The van der Waals surface area contributed by atoms with E-state index in [1.165, 1.54) is 43.9 Å². The third kappa shape index (κ3) is 7.63. The van der Waals surface area contributed by atoms with Gasteiger partial charge in [-0.1, -0.05) is 69.0 Å². The number of ether oxygens (including phenoxy) is 1. The van der Waals surface area contributed by atoms with Gasteiger partial charge in [-0.15, -0.1) is 0 Å². The van der Waals surface area contributed by atoms with Crippen molar-refractivity contribution in [2.24, 2.45) is 0 Å². The van der Waals surface area contributed by atoms with Gasteiger partial charge < -0.3 is 4.74 Å². The molecule has 1 fully saturated rings. The van der Waals surface area contributed by atoms with Crippen molar-refractivity contribution in [1.29, 1.82) is 0 Å². The third-order valence-corrected chi connectivity index (χ3v) is 6.57. The van der Waals surface area contributed by atoms with E-state index in [1.54, 1.807) is 6.08 Å². The van der Waals surface area contributed by atoms with E-state index in [0.29, 0.717) is 11.5 Å². The van der Waals surface area contributed by atoms with Gasteiger partial charge in [0.25, 0.3) is 17.5 Å². The predicted molar refractivity (Wildman–Crippen MR) is 141 cm³/mol. The number of thioether (sulfide) groups is 1. The minimum Gasteiger partial charge on any atom is -0.494 e. The van der Waals surface area contributed by atoms with Crippen LogP contribution in [0.4, 0.5) is 5.69 Å². The monoisotopic (exact) mass is 513 g/mol. The Morgan fingerprint density at radius 1 is 1.14 bits per heavy atom. The van der Waals surface area contributed by atoms with Crippen LogP contribution in [0.5, 0.6) is 5.75 Å². The van der Waals surface area contributed by atoms with Gasteiger partial charge in [0.05, 0.1) is 16.4 Å². The molecule has 1 aliphatic rings. The summed E-state index contributed by atoms with van der Waals surface area (Å²) in [7, 11) is 0. The number of nitro groups is 1. The lowest BCUT2D eigenvalue weighted by Gasteiger charge is -2.15. The van der Waals surface area contributed by atoms with Crippen molar-refractivity contribution in [2.75, 3.05) is 6.61 Å². The number of nitro benzene ring substituents is 1. The first-order valence-corrected chi connectivity index (χ1v) is 12.7. The second kappa shape index (κ2) is 13.0. The van der Waals surface area contributed by atoms with E-state index in [0.717, 1.165) is 47.0 Å². The van der Waals surface area contributed by atoms with Crippen molar-refractivity contribution >= 4 is 51.9 Å². The number of nitrogens with zero attached hydrogens (tertiary/aromatic N) is 2. The zero-order valence-electron chi connectivity index (χ0n) is 19.4. The summed E-state index contributed by atoms with van der Waals surface area (Å²) in [5.74, 6) is -0.368. The molecule has 0 aliphatic carbocycles. The van der Waals surface area contributed by atoms with Gasteiger partial charge in [0.15, 0.2) is 4.32 Å². The summed E-state index contributed by atoms with van der Waals surface area (Å²) in [5.41, 5.74) is 3.05. The first-order valence-electron chi connectivity index (χ1n) is 11.5. The Morgan fingerprint density at radius 2 is 1.86 bits per heavy atom. The van der Waals surface area contributed by atoms with Crippen molar-refractivity contribution < 1.29 is 19.2 Å². The first-order chi connectivity index (χ1) is 16.9. The standard InChI is InChI=1S/C25H27N3O5S2/c1-2-3-4-5-6-7-15-33-21-13-11-18(12-14-21)16-22-24(30)27(25(34)35-22)26-23(29)19-9-8-10-20(17-19)28(31)32/h8-14,16-17H,2-7,15H2,1H3,(H,26,29). The fourth-order valence-corrected chi connectivity index (χ4v) is 4.55. The number of carbonyl (C=O) groups excluding carboxylic acids is 2. The largest absolute Gasteiger partial charge is 0.494 e. The molecule has 3 rings (SSSR count). The molecule has 0 radical (unpaired) electrons. The highest BCUT2D eigenvalue weighted by molar-refractivity contribution is 8.26. The van der Waals surface area contributed by atoms with Crippen LogP contribution in [0.1, 0.15) is 61.4 Å². The molecule has 1 heterocycles. The molecule has 8 nitrogen and oxygen atoms in total. The van der Waals surface area contributed by atoms with E-state index in [1.807, 2.05) is 24.3 Å². The third-order valence-electron chi connectivity index (χ3n) is 5.27. The average molecular weight is 514 g/mol. The highest BCUT2D eigenvalue weighted by Gasteiger charge is 2.34. The minimum atomic E-state index is -0.668. The summed E-state index contributed by atoms with van der Waals surface area (Å²) >= 11 is 6.31. The van der Waals surface area contributed by atoms with Crippen LogP contribution >= 0.6 is 24.0 Å². The summed E-state index contributed by atoms with van der Waals surface area (Å²) in [6.45, 7) is 2.88. The molecule has 184 valence electrons. The van der Waals surface area contributed by atoms with Gasteiger partial charge in [0.1, 0.15) is 5.75 Å². The lowest BCUT2D eigenvalue weighted by molar-refractivity contribution is -0.384. The van der Waals surface area contributed by atoms with Crippen LogP contribution < -0.4 is 10.2 Å². The fourth-order valence-electron chi connectivity index (χ4n) is 3.37. The molecular weight excluding hydrogens is 486 g/mol. The Morgan fingerprint density at radius 3 is 2.57 bits per heavy atom. The Bertz CT molecular complexity index is 1120. The van der Waals surface area contributed by atoms with Gasteiger partial charge in [-0.3, -0.25) is 25.1 Å². The number of nitrogens with one attached hydrogen (secondary N) is 1. The molecule has 0 atom stereocenters. The predicted octanol–water partition coefficient (Wildman–Crippen LogP) is 5.88. The topological polar surface area (TPSA) is 102 Å². The van der Waals surface area contributed by atoms with Crippen molar-refractivity contribution in [3.8, 4) is 5.75 Å². The zero-order chi connectivity index (χ0) is 25.2. The summed E-state index contributed by atoms with van der Waals surface area (Å²) < 4.78 is 5.96. The van der Waals surface area contributed by atoms with Crippen LogP contribution in [0.2, 0.25) is 0 Å². The number of hydrogen-bond acceptors (Lipinski definition) is 7. The molecule has 2 aromatic carbocycles. The van der Waals surface area contributed by atoms with E-state index in [2.05, 4.69) is 12.3 Å². The molecule has 1 saturated heterocycles. The maximum Gasteiger partial charge on any atom is 0.285 e. The Balaban J connectivity index is 1.55. The summed E-state index contributed by atoms with van der Waals surface area (Å²) in [4.78, 5) is 36.0. The van der Waals surface area contributed by atoms with Crippen LogP contribution in [-0.4, -0.2) is 32.7 Å². The van der Waals surface area contributed by atoms with Gasteiger partial charge in [0.2, 0.25) is 0 Å². The smallest absolute Gasteiger partial charge is 0.285 e. The summed E-state index contributed by atoms with van der Waals surface area (Å²) in [6, 6.07) is 12.7. The lowest BCUT2D eigenvalue weighted by Crippen LogP contribution is -2.44. The van der Waals surface area contributed by atoms with Gasteiger partial charge >= 0.3 is 0 Å². The van der Waals surface area contributed by atoms with Gasteiger partial charge in [0, 0.05) is 17.7 Å². The van der Waals surface area contributed by atoms with Crippen molar-refractivity contribution in [1.82, 2.24) is 10.4 Å². The van der Waals surface area contributed by atoms with Gasteiger partial charge in [-0.2, -0.15) is 5.01 Å². The number of amides is 2. The normalized spacial score (nSPS) is 14.4. The van der Waals surface area contributed by atoms with Crippen molar-refractivity contribution in [2.45, 2.75) is 45.4 Å². The van der Waals surface area contributed by atoms with E-state index >= 15 is 0 Å². The summed E-state index contributed by atoms with van der Waals surface area (Å²) in [6.07, 6.45) is 8.91. The highest BCUT2D eigenvalue weighted by atomic mass is 32.2. The molecule has 0 bridgehead atoms. The fraction of sp³-hybridized carbons (Fsp3) is 0.320. The number of hydrazine groups is 1. The SMILES string of the molecule is CCCCCCCCOc1ccc(C=C2SC(=S)N(NC(=O)c3cccc([N+](=O)[O-])c3)C2=O)cc1. The molecule has 0 spiro atoms. The van der Waals surface area contributed by atoms with Gasteiger partial charge in [-0.25, -0.2) is 0 Å². The summed E-state index contributed by atoms with van der Waals surface area (Å²) in [5, 5.41) is 11.9. The van der Waals surface area contributed by atoms with Gasteiger partial charge in [-0.05, 0) is 48.5 Å². The molecule has 1 N–H and O–H groups in total. The zero-order valence-corrected chi connectivity index (χ0v) is 21.0. The van der Waals surface area contributed by atoms with E-state index in [-0.39, 0.29) is 15.6 Å². The molecule has 2 amide bonds. The second-order valence-electron chi connectivity index (χ2n) is 7.95. The number of thiocarbonyl (C=S) groups is 1. The van der Waals surface area contributed by atoms with Crippen molar-refractivity contribution in [3.05, 3.63) is 74.7 Å². The van der Waals surface area contributed by atoms with Crippen LogP contribution in [-0.2, 0) is 4.79 Å². The number of benzene rings is 2. The Hall–Kier alpha value is -3.24. The van der Waals surface area contributed by atoms with Crippen LogP contribution in [0, 0.1) is 10.1 Å². The minimum absolute atomic E-state index is 0.0498. The second-order valence-corrected chi connectivity index (χ2v) is 9.63. The Kier molecular flexibility index (Phi) is 9.80. The number of unbranched alkanes of at least 4 members (excludes halogenated alkanes) is 5. The molecular formula is C25H27N3O5S2. The first kappa shape index (κ1) is 26.4. The highest BCUT2D eigenvalue weighted by Crippen LogP contribution is 2.32. The Labute approximate surface area is 213 Å². The number of non-ortho nitro benzene ring substituents is 1. The molecule has 35 heavy (non-hydrogen) atoms. The van der Waals surface area contributed by atoms with Crippen LogP contribution in [0.15, 0.2) is 53.4 Å². The average Bonchev–Trinajstić information content (AvgIpc) is 3.11. The quantitative estimate of drug-likeness (QED) is 0.124. The number of carbonyl (C=O) groups is 2. The van der Waals surface area contributed by atoms with Crippen molar-refractivity contribution in [3.63, 3.8) is 0 Å². The molecule has 10 heteroatoms. The number of rotatable bonds is 12. The van der Waals surface area contributed by atoms with E-state index in [9.17, 15) is 19.7 Å². The number of hydrogen-bond donors (Lipinski definition) is 1.